The zero-order valence-electron chi connectivity index (χ0n) is 9.41. The molecule has 0 N–H and O–H groups in total. The van der Waals surface area contributed by atoms with Crippen molar-refractivity contribution in [2.45, 2.75) is 24.5 Å². The Morgan fingerprint density at radius 3 is 3.00 bits per heavy atom. The molecular weight excluding hydrogens is 236 g/mol. The van der Waals surface area contributed by atoms with Crippen molar-refractivity contribution >= 4 is 15.4 Å². The quantitative estimate of drug-likeness (QED) is 0.777. The zero-order chi connectivity index (χ0) is 11.9. The van der Waals surface area contributed by atoms with E-state index in [9.17, 15) is 8.42 Å². The summed E-state index contributed by atoms with van der Waals surface area (Å²) in [7, 11) is -3.02. The summed E-state index contributed by atoms with van der Waals surface area (Å²) in [5.41, 5.74) is 0.947. The number of pyridine rings is 1. The van der Waals surface area contributed by atoms with Crippen molar-refractivity contribution in [2.24, 2.45) is 0 Å². The van der Waals surface area contributed by atoms with E-state index >= 15 is 0 Å². The molecule has 1 saturated heterocycles. The molecule has 1 fully saturated rings. The first-order valence-corrected chi connectivity index (χ1v) is 7.53. The molecule has 1 aliphatic heterocycles. The van der Waals surface area contributed by atoms with Gasteiger partial charge in [-0.05, 0) is 25.0 Å². The fraction of sp³-hybridized carbons (Fsp3) is 0.417. The van der Waals surface area contributed by atoms with Crippen LogP contribution in [0.5, 0.6) is 0 Å². The largest absolute Gasteiger partial charge is 0.303 e. The van der Waals surface area contributed by atoms with Gasteiger partial charge >= 0.3 is 0 Å². The Kier molecular flexibility index (Phi) is 2.43. The van der Waals surface area contributed by atoms with Gasteiger partial charge in [0.1, 0.15) is 11.1 Å². The molecule has 0 bridgehead atoms. The second-order valence-corrected chi connectivity index (χ2v) is 6.77. The smallest absolute Gasteiger partial charge is 0.160 e. The van der Waals surface area contributed by atoms with Crippen LogP contribution in [0.2, 0.25) is 0 Å². The second-order valence-electron chi connectivity index (χ2n) is 4.46. The molecular formula is C12H14N2O2S. The molecule has 5 heteroatoms. The molecule has 0 aromatic carbocycles. The van der Waals surface area contributed by atoms with E-state index in [1.54, 1.807) is 6.20 Å². The van der Waals surface area contributed by atoms with Gasteiger partial charge in [0, 0.05) is 6.20 Å². The van der Waals surface area contributed by atoms with E-state index in [4.69, 9.17) is 0 Å². The third kappa shape index (κ3) is 1.74. The predicted octanol–water partition coefficient (Wildman–Crippen LogP) is 1.97. The van der Waals surface area contributed by atoms with Crippen LogP contribution in [0.1, 0.15) is 30.3 Å². The fourth-order valence-electron chi connectivity index (χ4n) is 2.45. The molecule has 0 radical (unpaired) electrons. The Hall–Kier alpha value is -1.36. The number of hydrogen-bond donors (Lipinski definition) is 0. The number of nitrogens with zero attached hydrogens (tertiary/aromatic N) is 2. The van der Waals surface area contributed by atoms with Gasteiger partial charge in [-0.25, -0.2) is 13.4 Å². The first-order valence-electron chi connectivity index (χ1n) is 5.82. The minimum atomic E-state index is -3.02. The Morgan fingerprint density at radius 1 is 1.29 bits per heavy atom. The van der Waals surface area contributed by atoms with Gasteiger partial charge in [0.05, 0.1) is 17.5 Å². The minimum absolute atomic E-state index is 0.291. The first-order chi connectivity index (χ1) is 8.18. The lowest BCUT2D eigenvalue weighted by Gasteiger charge is -2.21. The van der Waals surface area contributed by atoms with Crippen molar-refractivity contribution < 1.29 is 8.42 Å². The van der Waals surface area contributed by atoms with E-state index in [-0.39, 0.29) is 0 Å². The van der Waals surface area contributed by atoms with Crippen LogP contribution in [0.4, 0.5) is 0 Å². The van der Waals surface area contributed by atoms with Gasteiger partial charge in [-0.1, -0.05) is 12.5 Å². The monoisotopic (exact) mass is 250 g/mol. The maximum Gasteiger partial charge on any atom is 0.160 e. The summed E-state index contributed by atoms with van der Waals surface area (Å²) >= 11 is 0. The van der Waals surface area contributed by atoms with Gasteiger partial charge in [-0.15, -0.1) is 0 Å². The fourth-order valence-corrected chi connectivity index (χ4v) is 4.36. The highest BCUT2D eigenvalue weighted by Crippen LogP contribution is 2.32. The molecule has 1 aliphatic rings. The third-order valence-corrected chi connectivity index (χ3v) is 5.51. The molecule has 3 heterocycles. The van der Waals surface area contributed by atoms with E-state index in [1.165, 1.54) is 0 Å². The Morgan fingerprint density at radius 2 is 2.18 bits per heavy atom. The number of imidazole rings is 1. The standard InChI is InChI=1S/C12H14N2O2S/c15-17(16)8-4-2-6-11(17)12-13-9-10-5-1-3-7-14(10)12/h1,3,5,7,9,11H,2,4,6,8H2. The molecule has 1 atom stereocenters. The van der Waals surface area contributed by atoms with Crippen LogP contribution in [0.15, 0.2) is 30.6 Å². The van der Waals surface area contributed by atoms with Gasteiger partial charge < -0.3 is 4.40 Å². The first kappa shape index (κ1) is 10.8. The SMILES string of the molecule is O=S1(=O)CCCCC1c1ncc2ccccn12. The van der Waals surface area contributed by atoms with Crippen LogP contribution in [0.25, 0.3) is 5.52 Å². The van der Waals surface area contributed by atoms with Crippen molar-refractivity contribution in [2.75, 3.05) is 5.75 Å². The average molecular weight is 250 g/mol. The van der Waals surface area contributed by atoms with Gasteiger partial charge in [0.2, 0.25) is 0 Å². The molecule has 1 unspecified atom stereocenters. The number of aromatic nitrogens is 2. The number of sulfone groups is 1. The van der Waals surface area contributed by atoms with Crippen molar-refractivity contribution in [3.8, 4) is 0 Å². The van der Waals surface area contributed by atoms with Crippen LogP contribution in [0, 0.1) is 0 Å². The molecule has 0 spiro atoms. The van der Waals surface area contributed by atoms with Gasteiger partial charge in [0.25, 0.3) is 0 Å². The molecule has 4 nitrogen and oxygen atoms in total. The van der Waals surface area contributed by atoms with Crippen molar-refractivity contribution in [1.82, 2.24) is 9.38 Å². The number of fused-ring (bicyclic) bond motifs is 1. The van der Waals surface area contributed by atoms with Crippen LogP contribution in [-0.4, -0.2) is 23.6 Å². The normalized spacial score (nSPS) is 23.9. The van der Waals surface area contributed by atoms with E-state index in [2.05, 4.69) is 4.98 Å². The second kappa shape index (κ2) is 3.84. The highest BCUT2D eigenvalue weighted by Gasteiger charge is 2.33. The summed E-state index contributed by atoms with van der Waals surface area (Å²) in [5.74, 6) is 0.958. The summed E-state index contributed by atoms with van der Waals surface area (Å²) in [6, 6.07) is 5.76. The van der Waals surface area contributed by atoms with Crippen molar-refractivity contribution in [3.63, 3.8) is 0 Å². The summed E-state index contributed by atoms with van der Waals surface area (Å²) < 4.78 is 26.0. The van der Waals surface area contributed by atoms with Gasteiger partial charge in [-0.3, -0.25) is 0 Å². The lowest BCUT2D eigenvalue weighted by molar-refractivity contribution is 0.538. The topological polar surface area (TPSA) is 51.4 Å². The molecule has 0 amide bonds. The maximum absolute atomic E-state index is 12.1. The van der Waals surface area contributed by atoms with Crippen LogP contribution < -0.4 is 0 Å². The van der Waals surface area contributed by atoms with Crippen LogP contribution in [-0.2, 0) is 9.84 Å². The van der Waals surface area contributed by atoms with E-state index in [0.717, 1.165) is 18.4 Å². The molecule has 0 saturated carbocycles. The Labute approximate surface area is 100 Å². The summed E-state index contributed by atoms with van der Waals surface area (Å²) in [5, 5.41) is -0.429. The third-order valence-electron chi connectivity index (χ3n) is 3.33. The van der Waals surface area contributed by atoms with E-state index < -0.39 is 15.1 Å². The molecule has 3 rings (SSSR count). The molecule has 2 aromatic rings. The van der Waals surface area contributed by atoms with Gasteiger partial charge in [-0.2, -0.15) is 0 Å². The van der Waals surface area contributed by atoms with Crippen LogP contribution in [0.3, 0.4) is 0 Å². The number of rotatable bonds is 1. The lowest BCUT2D eigenvalue weighted by atomic mass is 10.2. The zero-order valence-corrected chi connectivity index (χ0v) is 10.2. The Balaban J connectivity index is 2.15. The summed E-state index contributed by atoms with van der Waals surface area (Å²) in [6.07, 6.45) is 6.05. The Bertz CT molecular complexity index is 645. The molecule has 17 heavy (non-hydrogen) atoms. The molecule has 90 valence electrons. The average Bonchev–Trinajstić information content (AvgIpc) is 2.72. The lowest BCUT2D eigenvalue weighted by Crippen LogP contribution is -2.23. The van der Waals surface area contributed by atoms with Crippen molar-refractivity contribution in [3.05, 3.63) is 36.4 Å². The molecule has 2 aromatic heterocycles. The minimum Gasteiger partial charge on any atom is -0.303 e. The van der Waals surface area contributed by atoms with Crippen molar-refractivity contribution in [1.29, 1.82) is 0 Å². The summed E-state index contributed by atoms with van der Waals surface area (Å²) in [4.78, 5) is 4.30. The number of hydrogen-bond acceptors (Lipinski definition) is 3. The molecule has 0 aliphatic carbocycles. The summed E-state index contributed by atoms with van der Waals surface area (Å²) in [6.45, 7) is 0. The maximum atomic E-state index is 12.1. The van der Waals surface area contributed by atoms with E-state index in [0.29, 0.717) is 18.0 Å². The highest BCUT2D eigenvalue weighted by atomic mass is 32.2. The predicted molar refractivity (Wildman–Crippen MR) is 65.6 cm³/mol. The van der Waals surface area contributed by atoms with E-state index in [1.807, 2.05) is 28.8 Å². The van der Waals surface area contributed by atoms with Gasteiger partial charge in [0.15, 0.2) is 9.84 Å². The highest BCUT2D eigenvalue weighted by molar-refractivity contribution is 7.91. The van der Waals surface area contributed by atoms with Crippen LogP contribution >= 0.6 is 0 Å².